The molecule has 2 N–H and O–H groups in total. The zero-order chi connectivity index (χ0) is 15.4. The van der Waals surface area contributed by atoms with E-state index in [0.29, 0.717) is 10.9 Å². The van der Waals surface area contributed by atoms with Crippen LogP contribution >= 0.6 is 11.6 Å². The van der Waals surface area contributed by atoms with Crippen molar-refractivity contribution in [2.45, 2.75) is 32.7 Å². The summed E-state index contributed by atoms with van der Waals surface area (Å²) in [6, 6.07) is 5.31. The standard InChI is InChI=1S/C16H23ClN2O2/c1-11-3-4-14(17)9-15(11)18-16(21)12(2)19-7-5-13(10-20)6-8-19/h3-4,9,12-13,20H,5-8,10H2,1-2H3,(H,18,21). The number of hydrogen-bond donors (Lipinski definition) is 2. The summed E-state index contributed by atoms with van der Waals surface area (Å²) < 4.78 is 0. The lowest BCUT2D eigenvalue weighted by Crippen LogP contribution is -2.46. The number of aliphatic hydroxyl groups is 1. The van der Waals surface area contributed by atoms with Gasteiger partial charge in [-0.25, -0.2) is 0 Å². The molecule has 1 amide bonds. The predicted octanol–water partition coefficient (Wildman–Crippen LogP) is 2.68. The molecule has 0 radical (unpaired) electrons. The van der Waals surface area contributed by atoms with E-state index in [1.807, 2.05) is 26.0 Å². The molecule has 0 aromatic heterocycles. The molecular weight excluding hydrogens is 288 g/mol. The summed E-state index contributed by atoms with van der Waals surface area (Å²) in [6.45, 7) is 5.83. The SMILES string of the molecule is Cc1ccc(Cl)cc1NC(=O)C(C)N1CCC(CO)CC1. The highest BCUT2D eigenvalue weighted by Gasteiger charge is 2.26. The van der Waals surface area contributed by atoms with Crippen LogP contribution in [-0.2, 0) is 4.79 Å². The molecule has 1 atom stereocenters. The Kier molecular flexibility index (Phi) is 5.62. The fourth-order valence-corrected chi connectivity index (χ4v) is 2.83. The molecule has 0 spiro atoms. The molecule has 1 aliphatic rings. The number of benzene rings is 1. The molecule has 4 nitrogen and oxygen atoms in total. The van der Waals surface area contributed by atoms with Crippen molar-refractivity contribution in [3.8, 4) is 0 Å². The first kappa shape index (κ1) is 16.3. The second-order valence-corrected chi connectivity index (χ2v) is 6.22. The molecule has 1 aliphatic heterocycles. The zero-order valence-corrected chi connectivity index (χ0v) is 13.4. The lowest BCUT2D eigenvalue weighted by Gasteiger charge is -2.34. The Hall–Kier alpha value is -1.10. The molecule has 1 aromatic rings. The number of carbonyl (C=O) groups is 1. The highest BCUT2D eigenvalue weighted by atomic mass is 35.5. The van der Waals surface area contributed by atoms with Gasteiger partial charge in [0.25, 0.3) is 0 Å². The summed E-state index contributed by atoms with van der Waals surface area (Å²) in [5, 5.41) is 12.7. The number of halogens is 1. The first-order valence-corrected chi connectivity index (χ1v) is 7.81. The minimum absolute atomic E-state index is 0.0113. The second kappa shape index (κ2) is 7.25. The van der Waals surface area contributed by atoms with Crippen molar-refractivity contribution < 1.29 is 9.90 Å². The van der Waals surface area contributed by atoms with Crippen molar-refractivity contribution >= 4 is 23.2 Å². The van der Waals surface area contributed by atoms with E-state index in [1.54, 1.807) is 6.07 Å². The Morgan fingerprint density at radius 2 is 2.14 bits per heavy atom. The van der Waals surface area contributed by atoms with E-state index in [0.717, 1.165) is 37.2 Å². The third-order valence-corrected chi connectivity index (χ3v) is 4.53. The Bertz CT molecular complexity index is 499. The van der Waals surface area contributed by atoms with Crippen LogP contribution in [0.25, 0.3) is 0 Å². The quantitative estimate of drug-likeness (QED) is 0.899. The number of nitrogens with one attached hydrogen (secondary N) is 1. The van der Waals surface area contributed by atoms with Crippen molar-refractivity contribution in [2.24, 2.45) is 5.92 Å². The summed E-state index contributed by atoms with van der Waals surface area (Å²) in [5.41, 5.74) is 1.77. The van der Waals surface area contributed by atoms with Crippen LogP contribution in [-0.4, -0.2) is 41.7 Å². The van der Waals surface area contributed by atoms with E-state index in [9.17, 15) is 4.79 Å². The summed E-state index contributed by atoms with van der Waals surface area (Å²) in [7, 11) is 0. The van der Waals surface area contributed by atoms with Crippen molar-refractivity contribution in [1.29, 1.82) is 0 Å². The zero-order valence-electron chi connectivity index (χ0n) is 12.6. The topological polar surface area (TPSA) is 52.6 Å². The minimum Gasteiger partial charge on any atom is -0.396 e. The molecule has 5 heteroatoms. The maximum atomic E-state index is 12.4. The van der Waals surface area contributed by atoms with Gasteiger partial charge < -0.3 is 10.4 Å². The Labute approximate surface area is 131 Å². The van der Waals surface area contributed by atoms with Crippen molar-refractivity contribution in [1.82, 2.24) is 4.90 Å². The maximum absolute atomic E-state index is 12.4. The number of carbonyl (C=O) groups excluding carboxylic acids is 1. The summed E-state index contributed by atoms with van der Waals surface area (Å²) in [6.07, 6.45) is 1.90. The third-order valence-electron chi connectivity index (χ3n) is 4.29. The van der Waals surface area contributed by atoms with Gasteiger partial charge in [0.05, 0.1) is 6.04 Å². The number of piperidine rings is 1. The number of hydrogen-bond acceptors (Lipinski definition) is 3. The minimum atomic E-state index is -0.178. The van der Waals surface area contributed by atoms with Gasteiger partial charge in [-0.2, -0.15) is 0 Å². The van der Waals surface area contributed by atoms with E-state index >= 15 is 0 Å². The molecule has 0 aliphatic carbocycles. The number of aliphatic hydroxyl groups excluding tert-OH is 1. The largest absolute Gasteiger partial charge is 0.396 e. The Balaban J connectivity index is 1.95. The van der Waals surface area contributed by atoms with Gasteiger partial charge in [0.1, 0.15) is 0 Å². The van der Waals surface area contributed by atoms with Gasteiger partial charge in [-0.05, 0) is 63.4 Å². The van der Waals surface area contributed by atoms with Gasteiger partial charge >= 0.3 is 0 Å². The van der Waals surface area contributed by atoms with Gasteiger partial charge in [-0.3, -0.25) is 9.69 Å². The number of likely N-dealkylation sites (tertiary alicyclic amines) is 1. The van der Waals surface area contributed by atoms with E-state index < -0.39 is 0 Å². The molecule has 21 heavy (non-hydrogen) atoms. The number of aryl methyl sites for hydroxylation is 1. The maximum Gasteiger partial charge on any atom is 0.241 e. The van der Waals surface area contributed by atoms with Gasteiger partial charge in [-0.15, -0.1) is 0 Å². The van der Waals surface area contributed by atoms with Crippen molar-refractivity contribution in [2.75, 3.05) is 25.0 Å². The average molecular weight is 311 g/mol. The Morgan fingerprint density at radius 3 is 2.76 bits per heavy atom. The van der Waals surface area contributed by atoms with Crippen LogP contribution in [0.3, 0.4) is 0 Å². The molecule has 1 aromatic carbocycles. The highest BCUT2D eigenvalue weighted by molar-refractivity contribution is 6.31. The van der Waals surface area contributed by atoms with Crippen LogP contribution < -0.4 is 5.32 Å². The monoisotopic (exact) mass is 310 g/mol. The molecule has 0 saturated carbocycles. The van der Waals surface area contributed by atoms with Crippen LogP contribution in [0.2, 0.25) is 5.02 Å². The number of nitrogens with zero attached hydrogens (tertiary/aromatic N) is 1. The molecule has 0 bridgehead atoms. The molecule has 1 unspecified atom stereocenters. The highest BCUT2D eigenvalue weighted by Crippen LogP contribution is 2.22. The van der Waals surface area contributed by atoms with Crippen LogP contribution in [0, 0.1) is 12.8 Å². The third kappa shape index (κ3) is 4.19. The van der Waals surface area contributed by atoms with Gasteiger partial charge in [0.2, 0.25) is 5.91 Å². The van der Waals surface area contributed by atoms with E-state index in [2.05, 4.69) is 10.2 Å². The van der Waals surface area contributed by atoms with E-state index in [4.69, 9.17) is 16.7 Å². The van der Waals surface area contributed by atoms with Crippen LogP contribution in [0.4, 0.5) is 5.69 Å². The number of amides is 1. The van der Waals surface area contributed by atoms with Crippen molar-refractivity contribution in [3.05, 3.63) is 28.8 Å². The smallest absolute Gasteiger partial charge is 0.241 e. The molecular formula is C16H23ClN2O2. The van der Waals surface area contributed by atoms with Crippen LogP contribution in [0.1, 0.15) is 25.3 Å². The van der Waals surface area contributed by atoms with Crippen molar-refractivity contribution in [3.63, 3.8) is 0 Å². The first-order chi connectivity index (χ1) is 10.0. The first-order valence-electron chi connectivity index (χ1n) is 7.43. The average Bonchev–Trinajstić information content (AvgIpc) is 2.50. The predicted molar refractivity (Wildman–Crippen MR) is 85.7 cm³/mol. The molecule has 2 rings (SSSR count). The lowest BCUT2D eigenvalue weighted by molar-refractivity contribution is -0.121. The van der Waals surface area contributed by atoms with E-state index in [1.165, 1.54) is 0 Å². The van der Waals surface area contributed by atoms with Crippen LogP contribution in [0.15, 0.2) is 18.2 Å². The molecule has 1 fully saturated rings. The van der Waals surface area contributed by atoms with Crippen LogP contribution in [0.5, 0.6) is 0 Å². The van der Waals surface area contributed by atoms with E-state index in [-0.39, 0.29) is 18.6 Å². The van der Waals surface area contributed by atoms with Gasteiger partial charge in [0, 0.05) is 17.3 Å². The summed E-state index contributed by atoms with van der Waals surface area (Å²) in [4.78, 5) is 14.5. The Morgan fingerprint density at radius 1 is 1.48 bits per heavy atom. The number of anilines is 1. The summed E-state index contributed by atoms with van der Waals surface area (Å²) in [5.74, 6) is 0.370. The van der Waals surface area contributed by atoms with Gasteiger partial charge in [0.15, 0.2) is 0 Å². The molecule has 1 saturated heterocycles. The fourth-order valence-electron chi connectivity index (χ4n) is 2.65. The molecule has 116 valence electrons. The number of rotatable bonds is 4. The second-order valence-electron chi connectivity index (χ2n) is 5.79. The summed E-state index contributed by atoms with van der Waals surface area (Å²) >= 11 is 5.98. The molecule has 1 heterocycles. The van der Waals surface area contributed by atoms with Gasteiger partial charge in [-0.1, -0.05) is 17.7 Å². The fraction of sp³-hybridized carbons (Fsp3) is 0.562. The lowest BCUT2D eigenvalue weighted by atomic mass is 9.97. The normalized spacial score (nSPS) is 18.5.